The summed E-state index contributed by atoms with van der Waals surface area (Å²) in [6.07, 6.45) is 2.78. The van der Waals surface area contributed by atoms with Gasteiger partial charge in [0, 0.05) is 6.54 Å². The van der Waals surface area contributed by atoms with E-state index in [1.54, 1.807) is 0 Å². The Morgan fingerprint density at radius 1 is 1.35 bits per heavy atom. The highest BCUT2D eigenvalue weighted by Crippen LogP contribution is 2.32. The van der Waals surface area contributed by atoms with Crippen LogP contribution in [0, 0.1) is 6.92 Å². The Kier molecular flexibility index (Phi) is 4.78. The average Bonchev–Trinajstić information content (AvgIpc) is 2.83. The van der Waals surface area contributed by atoms with Crippen LogP contribution in [-0.4, -0.2) is 28.3 Å². The van der Waals surface area contributed by atoms with Gasteiger partial charge in [-0.2, -0.15) is 0 Å². The predicted molar refractivity (Wildman–Crippen MR) is 77.2 cm³/mol. The second kappa shape index (κ2) is 6.37. The normalized spacial score (nSPS) is 18.8. The Labute approximate surface area is 119 Å². The van der Waals surface area contributed by atoms with Gasteiger partial charge in [-0.15, -0.1) is 0 Å². The van der Waals surface area contributed by atoms with Crippen molar-refractivity contribution in [3.8, 4) is 0 Å². The van der Waals surface area contributed by atoms with Crippen LogP contribution < -0.4 is 5.32 Å². The Bertz CT molecular complexity index is 467. The summed E-state index contributed by atoms with van der Waals surface area (Å²) in [4.78, 5) is 11.8. The standard InChI is InChI=1S/C16H23NO3/c1-12-6-2-3-7-13(12)14(18)11-17-15(19)10-16(20)8-4-5-9-16/h2-3,6-7,14,18,20H,4-5,8-11H2,1H3,(H,17,19). The molecule has 1 fully saturated rings. The maximum absolute atomic E-state index is 11.8. The van der Waals surface area contributed by atoms with Gasteiger partial charge >= 0.3 is 0 Å². The lowest BCUT2D eigenvalue weighted by atomic mass is 9.97. The number of aliphatic hydroxyl groups excluding tert-OH is 1. The summed E-state index contributed by atoms with van der Waals surface area (Å²) in [6, 6.07) is 7.58. The van der Waals surface area contributed by atoms with E-state index in [0.29, 0.717) is 12.8 Å². The molecule has 1 saturated carbocycles. The molecule has 4 nitrogen and oxygen atoms in total. The number of nitrogens with one attached hydrogen (secondary N) is 1. The number of amides is 1. The Hall–Kier alpha value is -1.39. The zero-order valence-corrected chi connectivity index (χ0v) is 11.9. The van der Waals surface area contributed by atoms with E-state index in [-0.39, 0.29) is 18.9 Å². The predicted octanol–water partition coefficient (Wildman–Crippen LogP) is 1.84. The highest BCUT2D eigenvalue weighted by molar-refractivity contribution is 5.77. The third kappa shape index (κ3) is 3.81. The molecule has 0 radical (unpaired) electrons. The number of carbonyl (C=O) groups is 1. The quantitative estimate of drug-likeness (QED) is 0.769. The minimum atomic E-state index is -0.836. The van der Waals surface area contributed by atoms with Crippen LogP contribution in [0.3, 0.4) is 0 Å². The Morgan fingerprint density at radius 2 is 2.00 bits per heavy atom. The molecule has 3 N–H and O–H groups in total. The van der Waals surface area contributed by atoms with E-state index in [9.17, 15) is 15.0 Å². The van der Waals surface area contributed by atoms with E-state index in [0.717, 1.165) is 24.0 Å². The zero-order valence-electron chi connectivity index (χ0n) is 11.9. The molecule has 1 aromatic carbocycles. The van der Waals surface area contributed by atoms with Crippen LogP contribution >= 0.6 is 0 Å². The third-order valence-corrected chi connectivity index (χ3v) is 4.06. The summed E-state index contributed by atoms with van der Waals surface area (Å²) in [5.74, 6) is -0.193. The van der Waals surface area contributed by atoms with Crippen molar-refractivity contribution in [1.82, 2.24) is 5.32 Å². The number of aliphatic hydroxyl groups is 2. The first-order chi connectivity index (χ1) is 9.50. The number of hydrogen-bond acceptors (Lipinski definition) is 3. The maximum Gasteiger partial charge on any atom is 0.222 e. The second-order valence-corrected chi connectivity index (χ2v) is 5.78. The number of benzene rings is 1. The number of aryl methyl sites for hydroxylation is 1. The van der Waals surface area contributed by atoms with Crippen molar-refractivity contribution < 1.29 is 15.0 Å². The fourth-order valence-electron chi connectivity index (χ4n) is 2.85. The van der Waals surface area contributed by atoms with Crippen LogP contribution in [0.1, 0.15) is 49.3 Å². The monoisotopic (exact) mass is 277 g/mol. The van der Waals surface area contributed by atoms with E-state index >= 15 is 0 Å². The van der Waals surface area contributed by atoms with E-state index in [1.165, 1.54) is 0 Å². The molecular weight excluding hydrogens is 254 g/mol. The molecule has 20 heavy (non-hydrogen) atoms. The molecule has 2 rings (SSSR count). The van der Waals surface area contributed by atoms with Crippen LogP contribution in [-0.2, 0) is 4.79 Å². The number of carbonyl (C=O) groups excluding carboxylic acids is 1. The molecule has 0 heterocycles. The van der Waals surface area contributed by atoms with Gasteiger partial charge in [-0.3, -0.25) is 4.79 Å². The fraction of sp³-hybridized carbons (Fsp3) is 0.562. The number of hydrogen-bond donors (Lipinski definition) is 3. The van der Waals surface area contributed by atoms with Crippen molar-refractivity contribution in [2.45, 2.75) is 50.7 Å². The molecule has 0 aromatic heterocycles. The molecule has 1 amide bonds. The highest BCUT2D eigenvalue weighted by atomic mass is 16.3. The molecule has 0 spiro atoms. The molecular formula is C16H23NO3. The van der Waals surface area contributed by atoms with E-state index in [1.807, 2.05) is 31.2 Å². The summed E-state index contributed by atoms with van der Waals surface area (Å²) in [5, 5.41) is 23.0. The molecule has 1 aliphatic carbocycles. The van der Waals surface area contributed by atoms with Gasteiger partial charge in [0.2, 0.25) is 5.91 Å². The van der Waals surface area contributed by atoms with Gasteiger partial charge in [-0.1, -0.05) is 37.1 Å². The van der Waals surface area contributed by atoms with E-state index in [2.05, 4.69) is 5.32 Å². The van der Waals surface area contributed by atoms with Gasteiger partial charge in [-0.05, 0) is 30.9 Å². The van der Waals surface area contributed by atoms with Crippen molar-refractivity contribution in [1.29, 1.82) is 0 Å². The first kappa shape index (κ1) is 15.0. The van der Waals surface area contributed by atoms with Crippen LogP contribution in [0.25, 0.3) is 0 Å². The summed E-state index contributed by atoms with van der Waals surface area (Å²) >= 11 is 0. The molecule has 1 unspecified atom stereocenters. The van der Waals surface area contributed by atoms with Crippen molar-refractivity contribution in [2.24, 2.45) is 0 Å². The molecule has 4 heteroatoms. The summed E-state index contributed by atoms with van der Waals surface area (Å²) < 4.78 is 0. The minimum absolute atomic E-state index is 0.132. The lowest BCUT2D eigenvalue weighted by Gasteiger charge is -2.22. The zero-order chi connectivity index (χ0) is 14.6. The van der Waals surface area contributed by atoms with Gasteiger partial charge in [0.25, 0.3) is 0 Å². The lowest BCUT2D eigenvalue weighted by molar-refractivity contribution is -0.126. The smallest absolute Gasteiger partial charge is 0.222 e. The van der Waals surface area contributed by atoms with E-state index < -0.39 is 11.7 Å². The van der Waals surface area contributed by atoms with Crippen molar-refractivity contribution in [2.75, 3.05) is 6.54 Å². The summed E-state index contributed by atoms with van der Waals surface area (Å²) in [7, 11) is 0. The van der Waals surface area contributed by atoms with Crippen LogP contribution in [0.15, 0.2) is 24.3 Å². The van der Waals surface area contributed by atoms with Crippen LogP contribution in [0.2, 0.25) is 0 Å². The molecule has 110 valence electrons. The van der Waals surface area contributed by atoms with E-state index in [4.69, 9.17) is 0 Å². The third-order valence-electron chi connectivity index (χ3n) is 4.06. The molecule has 0 saturated heterocycles. The molecule has 1 atom stereocenters. The first-order valence-electron chi connectivity index (χ1n) is 7.23. The van der Waals surface area contributed by atoms with Gasteiger partial charge < -0.3 is 15.5 Å². The molecule has 0 aliphatic heterocycles. The van der Waals surface area contributed by atoms with Gasteiger partial charge in [0.15, 0.2) is 0 Å². The summed E-state index contributed by atoms with van der Waals surface area (Å²) in [6.45, 7) is 2.11. The van der Waals surface area contributed by atoms with Crippen LogP contribution in [0.5, 0.6) is 0 Å². The van der Waals surface area contributed by atoms with Gasteiger partial charge in [-0.25, -0.2) is 0 Å². The molecule has 1 aromatic rings. The van der Waals surface area contributed by atoms with Crippen molar-refractivity contribution in [3.63, 3.8) is 0 Å². The van der Waals surface area contributed by atoms with Crippen LogP contribution in [0.4, 0.5) is 0 Å². The Balaban J connectivity index is 1.83. The second-order valence-electron chi connectivity index (χ2n) is 5.78. The van der Waals surface area contributed by atoms with Gasteiger partial charge in [0.1, 0.15) is 0 Å². The largest absolute Gasteiger partial charge is 0.389 e. The minimum Gasteiger partial charge on any atom is -0.389 e. The van der Waals surface area contributed by atoms with Gasteiger partial charge in [0.05, 0.1) is 18.1 Å². The topological polar surface area (TPSA) is 69.6 Å². The first-order valence-corrected chi connectivity index (χ1v) is 7.23. The van der Waals surface area contributed by atoms with Crippen molar-refractivity contribution in [3.05, 3.63) is 35.4 Å². The number of rotatable bonds is 5. The highest BCUT2D eigenvalue weighted by Gasteiger charge is 2.33. The Morgan fingerprint density at radius 3 is 2.65 bits per heavy atom. The van der Waals surface area contributed by atoms with Crippen molar-refractivity contribution >= 4 is 5.91 Å². The SMILES string of the molecule is Cc1ccccc1C(O)CNC(=O)CC1(O)CCCC1. The average molecular weight is 277 g/mol. The summed E-state index contributed by atoms with van der Waals surface area (Å²) in [5.41, 5.74) is 0.994. The maximum atomic E-state index is 11.8. The molecule has 0 bridgehead atoms. The molecule has 1 aliphatic rings. The fourth-order valence-corrected chi connectivity index (χ4v) is 2.85. The lowest BCUT2D eigenvalue weighted by Crippen LogP contribution is -2.36.